The van der Waals surface area contributed by atoms with Crippen molar-refractivity contribution in [3.05, 3.63) is 11.6 Å². The van der Waals surface area contributed by atoms with Gasteiger partial charge >= 0.3 is 0 Å². The maximum atomic E-state index is 12.0. The molecule has 2 aliphatic rings. The third-order valence-electron chi connectivity index (χ3n) is 3.22. The number of rotatable bonds is 4. The molecule has 2 rings (SSSR count). The highest BCUT2D eigenvalue weighted by Crippen LogP contribution is 2.14. The zero-order chi connectivity index (χ0) is 12.1. The lowest BCUT2D eigenvalue weighted by atomic mass is 10.1. The van der Waals surface area contributed by atoms with E-state index in [9.17, 15) is 8.42 Å². The molecule has 0 aromatic carbocycles. The summed E-state index contributed by atoms with van der Waals surface area (Å²) in [5.41, 5.74) is 1.17. The van der Waals surface area contributed by atoms with Crippen LogP contribution in [0.4, 0.5) is 0 Å². The van der Waals surface area contributed by atoms with Crippen molar-refractivity contribution in [2.75, 3.05) is 32.8 Å². The fourth-order valence-electron chi connectivity index (χ4n) is 2.10. The lowest BCUT2D eigenvalue weighted by Crippen LogP contribution is -2.40. The summed E-state index contributed by atoms with van der Waals surface area (Å²) < 4.78 is 31.9. The van der Waals surface area contributed by atoms with Crippen molar-refractivity contribution >= 4 is 10.0 Å². The molecule has 0 aromatic rings. The number of hydrogen-bond acceptors (Lipinski definition) is 4. The van der Waals surface area contributed by atoms with Crippen LogP contribution in [-0.2, 0) is 14.8 Å². The molecular weight excluding hydrogens is 240 g/mol. The van der Waals surface area contributed by atoms with E-state index in [4.69, 9.17) is 4.74 Å². The van der Waals surface area contributed by atoms with Crippen LogP contribution in [0.5, 0.6) is 0 Å². The second-order valence-electron chi connectivity index (χ2n) is 4.52. The van der Waals surface area contributed by atoms with E-state index in [0.29, 0.717) is 26.2 Å². The molecule has 17 heavy (non-hydrogen) atoms. The van der Waals surface area contributed by atoms with Gasteiger partial charge in [0.05, 0.1) is 11.9 Å². The Labute approximate surface area is 103 Å². The number of sulfonamides is 1. The van der Waals surface area contributed by atoms with Gasteiger partial charge in [0.25, 0.3) is 0 Å². The molecule has 0 radical (unpaired) electrons. The van der Waals surface area contributed by atoms with Gasteiger partial charge < -0.3 is 10.1 Å². The molecule has 1 unspecified atom stereocenters. The first-order valence-corrected chi connectivity index (χ1v) is 7.68. The smallest absolute Gasteiger partial charge is 0.217 e. The van der Waals surface area contributed by atoms with E-state index in [-0.39, 0.29) is 5.25 Å². The lowest BCUT2D eigenvalue weighted by Gasteiger charge is -2.23. The highest BCUT2D eigenvalue weighted by atomic mass is 32.2. The van der Waals surface area contributed by atoms with Gasteiger partial charge in [-0.15, -0.1) is 0 Å². The van der Waals surface area contributed by atoms with Crippen LogP contribution in [0.1, 0.15) is 19.3 Å². The molecule has 0 aromatic heterocycles. The van der Waals surface area contributed by atoms with Gasteiger partial charge in [-0.05, 0) is 25.8 Å². The summed E-state index contributed by atoms with van der Waals surface area (Å²) in [6.45, 7) is 3.23. The largest absolute Gasteiger partial charge is 0.380 e. The third-order valence-corrected chi connectivity index (χ3v) is 5.01. The lowest BCUT2D eigenvalue weighted by molar-refractivity contribution is 0.0988. The molecular formula is C11H20N2O3S. The van der Waals surface area contributed by atoms with Crippen molar-refractivity contribution in [1.29, 1.82) is 0 Å². The van der Waals surface area contributed by atoms with Crippen LogP contribution in [0.25, 0.3) is 0 Å². The summed E-state index contributed by atoms with van der Waals surface area (Å²) in [6, 6.07) is 0. The van der Waals surface area contributed by atoms with Gasteiger partial charge in [0.15, 0.2) is 0 Å². The summed E-state index contributed by atoms with van der Waals surface area (Å²) >= 11 is 0. The molecule has 1 fully saturated rings. The first kappa shape index (κ1) is 13.0. The Balaban J connectivity index is 1.86. The first-order valence-electron chi connectivity index (χ1n) is 6.13. The topological polar surface area (TPSA) is 67.4 Å². The van der Waals surface area contributed by atoms with Gasteiger partial charge in [-0.25, -0.2) is 13.1 Å². The Morgan fingerprint density at radius 1 is 1.53 bits per heavy atom. The normalized spacial score (nSPS) is 26.6. The molecule has 2 heterocycles. The van der Waals surface area contributed by atoms with E-state index < -0.39 is 10.0 Å². The summed E-state index contributed by atoms with van der Waals surface area (Å²) in [6.07, 6.45) is 4.52. The quantitative estimate of drug-likeness (QED) is 0.699. The van der Waals surface area contributed by atoms with Gasteiger partial charge in [-0.2, -0.15) is 0 Å². The first-order chi connectivity index (χ1) is 8.18. The SMILES string of the molecule is O=S(=O)(NCC1=CCNCC1)C1CCCOC1. The summed E-state index contributed by atoms with van der Waals surface area (Å²) in [5.74, 6) is 0. The van der Waals surface area contributed by atoms with Gasteiger partial charge in [0.1, 0.15) is 0 Å². The number of ether oxygens (including phenoxy) is 1. The minimum atomic E-state index is -3.22. The second-order valence-corrected chi connectivity index (χ2v) is 6.57. The third kappa shape index (κ3) is 3.77. The van der Waals surface area contributed by atoms with E-state index >= 15 is 0 Å². The summed E-state index contributed by atoms with van der Waals surface area (Å²) in [4.78, 5) is 0. The summed E-state index contributed by atoms with van der Waals surface area (Å²) in [7, 11) is -3.22. The van der Waals surface area contributed by atoms with E-state index in [2.05, 4.69) is 16.1 Å². The molecule has 0 aliphatic carbocycles. The fourth-order valence-corrected chi connectivity index (χ4v) is 3.47. The molecule has 6 heteroatoms. The molecule has 0 amide bonds. The molecule has 2 N–H and O–H groups in total. The molecule has 0 spiro atoms. The summed E-state index contributed by atoms with van der Waals surface area (Å²) in [5, 5.41) is 2.83. The maximum Gasteiger partial charge on any atom is 0.217 e. The van der Waals surface area contributed by atoms with Gasteiger partial charge in [-0.1, -0.05) is 11.6 Å². The minimum Gasteiger partial charge on any atom is -0.380 e. The van der Waals surface area contributed by atoms with Crippen molar-refractivity contribution in [1.82, 2.24) is 10.0 Å². The highest BCUT2D eigenvalue weighted by molar-refractivity contribution is 7.90. The van der Waals surface area contributed by atoms with Crippen LogP contribution >= 0.6 is 0 Å². The van der Waals surface area contributed by atoms with Crippen molar-refractivity contribution in [2.45, 2.75) is 24.5 Å². The van der Waals surface area contributed by atoms with Crippen LogP contribution in [0.2, 0.25) is 0 Å². The average Bonchev–Trinajstić information content (AvgIpc) is 2.39. The Bertz CT molecular complexity index is 372. The molecule has 1 atom stereocenters. The van der Waals surface area contributed by atoms with Crippen molar-refractivity contribution in [2.24, 2.45) is 0 Å². The van der Waals surface area contributed by atoms with Gasteiger partial charge in [-0.3, -0.25) is 0 Å². The van der Waals surface area contributed by atoms with Crippen molar-refractivity contribution < 1.29 is 13.2 Å². The van der Waals surface area contributed by atoms with Crippen LogP contribution in [-0.4, -0.2) is 46.5 Å². The molecule has 2 aliphatic heterocycles. The standard InChI is InChI=1S/C11H20N2O3S/c14-17(15,11-2-1-7-16-9-11)13-8-10-3-5-12-6-4-10/h3,11-13H,1-2,4-9H2. The van der Waals surface area contributed by atoms with E-state index in [0.717, 1.165) is 25.9 Å². The zero-order valence-corrected chi connectivity index (χ0v) is 10.8. The number of nitrogens with one attached hydrogen (secondary N) is 2. The van der Waals surface area contributed by atoms with E-state index in [1.165, 1.54) is 5.57 Å². The fraction of sp³-hybridized carbons (Fsp3) is 0.818. The Morgan fingerprint density at radius 2 is 2.41 bits per heavy atom. The predicted molar refractivity (Wildman–Crippen MR) is 66.3 cm³/mol. The predicted octanol–water partition coefficient (Wildman–Crippen LogP) is 0.00450. The van der Waals surface area contributed by atoms with Gasteiger partial charge in [0.2, 0.25) is 10.0 Å². The Hall–Kier alpha value is -0.430. The van der Waals surface area contributed by atoms with E-state index in [1.807, 2.05) is 0 Å². The Kier molecular flexibility index (Phi) is 4.55. The highest BCUT2D eigenvalue weighted by Gasteiger charge is 2.27. The monoisotopic (exact) mass is 260 g/mol. The zero-order valence-electron chi connectivity index (χ0n) is 9.94. The molecule has 98 valence electrons. The van der Waals surface area contributed by atoms with Crippen LogP contribution in [0, 0.1) is 0 Å². The van der Waals surface area contributed by atoms with E-state index in [1.54, 1.807) is 0 Å². The van der Waals surface area contributed by atoms with Gasteiger partial charge in [0, 0.05) is 19.7 Å². The van der Waals surface area contributed by atoms with Crippen molar-refractivity contribution in [3.63, 3.8) is 0 Å². The van der Waals surface area contributed by atoms with Crippen LogP contribution < -0.4 is 10.0 Å². The molecule has 0 saturated carbocycles. The molecule has 1 saturated heterocycles. The van der Waals surface area contributed by atoms with Crippen molar-refractivity contribution in [3.8, 4) is 0 Å². The second kappa shape index (κ2) is 5.95. The van der Waals surface area contributed by atoms with Crippen LogP contribution in [0.3, 0.4) is 0 Å². The molecule has 0 bridgehead atoms. The molecule has 5 nitrogen and oxygen atoms in total. The maximum absolute atomic E-state index is 12.0. The van der Waals surface area contributed by atoms with Crippen LogP contribution in [0.15, 0.2) is 11.6 Å². The Morgan fingerprint density at radius 3 is 3.06 bits per heavy atom. The minimum absolute atomic E-state index is 0.329. The average molecular weight is 260 g/mol. The number of hydrogen-bond donors (Lipinski definition) is 2.